The van der Waals surface area contributed by atoms with Crippen LogP contribution in [-0.4, -0.2) is 35.7 Å². The number of benzene rings is 1. The van der Waals surface area contributed by atoms with E-state index < -0.39 is 5.60 Å². The molecule has 0 radical (unpaired) electrons. The molecule has 1 amide bonds. The summed E-state index contributed by atoms with van der Waals surface area (Å²) in [5.41, 5.74) is 0.569. The molecule has 0 saturated carbocycles. The van der Waals surface area contributed by atoms with Crippen LogP contribution >= 0.6 is 0 Å². The van der Waals surface area contributed by atoms with Crippen LogP contribution in [0.15, 0.2) is 24.3 Å². The van der Waals surface area contributed by atoms with Crippen molar-refractivity contribution in [3.63, 3.8) is 0 Å². The summed E-state index contributed by atoms with van der Waals surface area (Å²) in [6, 6.07) is 6.86. The van der Waals surface area contributed by atoms with Crippen LogP contribution in [0.3, 0.4) is 0 Å². The predicted molar refractivity (Wildman–Crippen MR) is 88.8 cm³/mol. The molecular weight excluding hydrogens is 295 g/mol. The molecule has 0 aliphatic carbocycles. The third-order valence-electron chi connectivity index (χ3n) is 3.93. The maximum atomic E-state index is 13.0. The Bertz CT molecular complexity index is 525. The average molecular weight is 322 g/mol. The Balaban J connectivity index is 1.90. The number of carbonyl (C=O) groups excluding carboxylic acids is 1. The fourth-order valence-electron chi connectivity index (χ4n) is 2.81. The van der Waals surface area contributed by atoms with Crippen molar-refractivity contribution in [3.05, 3.63) is 35.6 Å². The van der Waals surface area contributed by atoms with Gasteiger partial charge in [-0.3, -0.25) is 0 Å². The van der Waals surface area contributed by atoms with Crippen LogP contribution in [0.4, 0.5) is 9.18 Å². The summed E-state index contributed by atoms with van der Waals surface area (Å²) in [7, 11) is 0. The topological polar surface area (TPSA) is 41.6 Å². The molecule has 5 heteroatoms. The Morgan fingerprint density at radius 3 is 2.61 bits per heavy atom. The van der Waals surface area contributed by atoms with E-state index in [1.807, 2.05) is 20.8 Å². The SMILES string of the molecule is C[C@H](NC1CCCN(C(=O)OC(C)(C)C)C1)c1ccc(F)cc1. The lowest BCUT2D eigenvalue weighted by atomic mass is 10.0. The maximum Gasteiger partial charge on any atom is 0.410 e. The third-order valence-corrected chi connectivity index (χ3v) is 3.93. The minimum Gasteiger partial charge on any atom is -0.444 e. The van der Waals surface area contributed by atoms with E-state index in [1.54, 1.807) is 17.0 Å². The number of piperidine rings is 1. The van der Waals surface area contributed by atoms with E-state index in [-0.39, 0.29) is 24.0 Å². The Morgan fingerprint density at radius 2 is 2.00 bits per heavy atom. The van der Waals surface area contributed by atoms with Crippen LogP contribution in [0.5, 0.6) is 0 Å². The van der Waals surface area contributed by atoms with Crippen molar-refractivity contribution in [2.75, 3.05) is 13.1 Å². The second kappa shape index (κ2) is 7.30. The Labute approximate surface area is 138 Å². The van der Waals surface area contributed by atoms with E-state index in [0.29, 0.717) is 6.54 Å². The molecule has 1 aromatic rings. The van der Waals surface area contributed by atoms with Gasteiger partial charge in [0.2, 0.25) is 0 Å². The fraction of sp³-hybridized carbons (Fsp3) is 0.611. The highest BCUT2D eigenvalue weighted by Gasteiger charge is 2.28. The second-order valence-electron chi connectivity index (χ2n) is 7.21. The number of halogens is 1. The largest absolute Gasteiger partial charge is 0.444 e. The molecule has 2 atom stereocenters. The molecule has 2 rings (SSSR count). The minimum absolute atomic E-state index is 0.110. The van der Waals surface area contributed by atoms with Gasteiger partial charge in [-0.25, -0.2) is 9.18 Å². The van der Waals surface area contributed by atoms with E-state index in [0.717, 1.165) is 24.9 Å². The quantitative estimate of drug-likeness (QED) is 0.918. The van der Waals surface area contributed by atoms with Gasteiger partial charge in [0.05, 0.1) is 0 Å². The molecule has 0 bridgehead atoms. The number of nitrogens with one attached hydrogen (secondary N) is 1. The Morgan fingerprint density at radius 1 is 1.35 bits per heavy atom. The molecule has 1 saturated heterocycles. The van der Waals surface area contributed by atoms with Crippen molar-refractivity contribution < 1.29 is 13.9 Å². The van der Waals surface area contributed by atoms with E-state index in [2.05, 4.69) is 12.2 Å². The van der Waals surface area contributed by atoms with Crippen LogP contribution < -0.4 is 5.32 Å². The van der Waals surface area contributed by atoms with Gasteiger partial charge in [0.1, 0.15) is 11.4 Å². The lowest BCUT2D eigenvalue weighted by molar-refractivity contribution is 0.0184. The number of hydrogen-bond acceptors (Lipinski definition) is 3. The van der Waals surface area contributed by atoms with Gasteiger partial charge < -0.3 is 15.0 Å². The second-order valence-corrected chi connectivity index (χ2v) is 7.21. The standard InChI is InChI=1S/C18H27FN2O2/c1-13(14-7-9-15(19)10-8-14)20-16-6-5-11-21(12-16)17(22)23-18(2,3)4/h7-10,13,16,20H,5-6,11-12H2,1-4H3/t13-,16?/m0/s1. The fourth-order valence-corrected chi connectivity index (χ4v) is 2.81. The molecule has 4 nitrogen and oxygen atoms in total. The molecule has 1 unspecified atom stereocenters. The van der Waals surface area contributed by atoms with Gasteiger partial charge in [-0.1, -0.05) is 12.1 Å². The van der Waals surface area contributed by atoms with Crippen molar-refractivity contribution >= 4 is 6.09 Å². The van der Waals surface area contributed by atoms with Crippen LogP contribution in [-0.2, 0) is 4.74 Å². The van der Waals surface area contributed by atoms with E-state index in [1.165, 1.54) is 12.1 Å². The monoisotopic (exact) mass is 322 g/mol. The third kappa shape index (κ3) is 5.50. The molecule has 1 aliphatic heterocycles. The van der Waals surface area contributed by atoms with Gasteiger partial charge in [0.25, 0.3) is 0 Å². The first kappa shape index (κ1) is 17.7. The van der Waals surface area contributed by atoms with Gasteiger partial charge in [0, 0.05) is 25.2 Å². The lowest BCUT2D eigenvalue weighted by Crippen LogP contribution is -2.49. The molecule has 23 heavy (non-hydrogen) atoms. The van der Waals surface area contributed by atoms with Gasteiger partial charge >= 0.3 is 6.09 Å². The van der Waals surface area contributed by atoms with E-state index in [9.17, 15) is 9.18 Å². The number of hydrogen-bond donors (Lipinski definition) is 1. The van der Waals surface area contributed by atoms with Gasteiger partial charge in [0.15, 0.2) is 0 Å². The molecule has 1 fully saturated rings. The molecule has 0 spiro atoms. The smallest absolute Gasteiger partial charge is 0.410 e. The maximum absolute atomic E-state index is 13.0. The van der Waals surface area contributed by atoms with Crippen LogP contribution in [0.1, 0.15) is 52.1 Å². The van der Waals surface area contributed by atoms with Crippen LogP contribution in [0.25, 0.3) is 0 Å². The molecule has 1 aromatic carbocycles. The number of carbonyl (C=O) groups is 1. The summed E-state index contributed by atoms with van der Waals surface area (Å²) in [5, 5.41) is 3.53. The first-order valence-corrected chi connectivity index (χ1v) is 8.24. The first-order chi connectivity index (χ1) is 10.7. The molecule has 0 aromatic heterocycles. The van der Waals surface area contributed by atoms with Crippen molar-refractivity contribution in [1.82, 2.24) is 10.2 Å². The van der Waals surface area contributed by atoms with Crippen molar-refractivity contribution in [2.24, 2.45) is 0 Å². The van der Waals surface area contributed by atoms with Crippen LogP contribution in [0.2, 0.25) is 0 Å². The summed E-state index contributed by atoms with van der Waals surface area (Å²) in [6.45, 7) is 9.06. The van der Waals surface area contributed by atoms with E-state index in [4.69, 9.17) is 4.74 Å². The highest BCUT2D eigenvalue weighted by atomic mass is 19.1. The zero-order valence-corrected chi connectivity index (χ0v) is 14.4. The number of rotatable bonds is 3. The first-order valence-electron chi connectivity index (χ1n) is 8.24. The van der Waals surface area contributed by atoms with Crippen molar-refractivity contribution in [3.8, 4) is 0 Å². The zero-order valence-electron chi connectivity index (χ0n) is 14.4. The van der Waals surface area contributed by atoms with Crippen molar-refractivity contribution in [1.29, 1.82) is 0 Å². The highest BCUT2D eigenvalue weighted by Crippen LogP contribution is 2.19. The Hall–Kier alpha value is -1.62. The molecule has 1 heterocycles. The number of likely N-dealkylation sites (tertiary alicyclic amines) is 1. The molecule has 1 N–H and O–H groups in total. The molecule has 128 valence electrons. The van der Waals surface area contributed by atoms with E-state index >= 15 is 0 Å². The number of amides is 1. The summed E-state index contributed by atoms with van der Waals surface area (Å²) < 4.78 is 18.5. The van der Waals surface area contributed by atoms with Gasteiger partial charge in [-0.15, -0.1) is 0 Å². The number of nitrogens with zero attached hydrogens (tertiary/aromatic N) is 1. The Kier molecular flexibility index (Phi) is 5.63. The van der Waals surface area contributed by atoms with Crippen molar-refractivity contribution in [2.45, 2.75) is 58.2 Å². The summed E-state index contributed by atoms with van der Waals surface area (Å²) in [6.07, 6.45) is 1.72. The normalized spacial score (nSPS) is 20.2. The van der Waals surface area contributed by atoms with Crippen LogP contribution in [0, 0.1) is 5.82 Å². The predicted octanol–water partition coefficient (Wildman–Crippen LogP) is 3.88. The minimum atomic E-state index is -0.473. The summed E-state index contributed by atoms with van der Waals surface area (Å²) >= 11 is 0. The molecular formula is C18H27FN2O2. The number of ether oxygens (including phenoxy) is 1. The summed E-state index contributed by atoms with van der Waals surface area (Å²) in [5.74, 6) is -0.227. The molecule has 1 aliphatic rings. The highest BCUT2D eigenvalue weighted by molar-refractivity contribution is 5.68. The van der Waals surface area contributed by atoms with Gasteiger partial charge in [-0.2, -0.15) is 0 Å². The van der Waals surface area contributed by atoms with Gasteiger partial charge in [-0.05, 0) is 58.2 Å². The lowest BCUT2D eigenvalue weighted by Gasteiger charge is -2.35. The zero-order chi connectivity index (χ0) is 17.0. The summed E-state index contributed by atoms with van der Waals surface area (Å²) in [4.78, 5) is 14.0. The average Bonchev–Trinajstić information content (AvgIpc) is 2.46.